The highest BCUT2D eigenvalue weighted by Gasteiger charge is 2.13. The van der Waals surface area contributed by atoms with E-state index in [0.29, 0.717) is 17.1 Å². The lowest BCUT2D eigenvalue weighted by molar-refractivity contribution is -0.112. The number of hydrogen-bond acceptors (Lipinski definition) is 5. The van der Waals surface area contributed by atoms with E-state index in [-0.39, 0.29) is 16.8 Å². The van der Waals surface area contributed by atoms with Crippen LogP contribution in [0, 0.1) is 11.3 Å². The smallest absolute Gasteiger partial charge is 0.335 e. The summed E-state index contributed by atoms with van der Waals surface area (Å²) in [6.07, 6.45) is 1.37. The van der Waals surface area contributed by atoms with Crippen LogP contribution >= 0.6 is 0 Å². The van der Waals surface area contributed by atoms with Crippen LogP contribution < -0.4 is 14.8 Å². The van der Waals surface area contributed by atoms with E-state index in [9.17, 15) is 14.9 Å². The van der Waals surface area contributed by atoms with Gasteiger partial charge in [0.1, 0.15) is 23.1 Å². The third-order valence-electron chi connectivity index (χ3n) is 3.47. The zero-order valence-electron chi connectivity index (χ0n) is 14.1. The van der Waals surface area contributed by atoms with Crippen molar-refractivity contribution < 1.29 is 24.2 Å². The number of hydrogen-bond donors (Lipinski definition) is 2. The van der Waals surface area contributed by atoms with Gasteiger partial charge in [-0.25, -0.2) is 4.79 Å². The Hall–Kier alpha value is -3.79. The first-order valence-corrected chi connectivity index (χ1v) is 7.47. The number of carbonyl (C=O) groups is 2. The van der Waals surface area contributed by atoms with Crippen LogP contribution in [0.15, 0.2) is 48.0 Å². The molecule has 0 aromatic heterocycles. The largest absolute Gasteiger partial charge is 0.497 e. The number of amides is 1. The molecule has 0 radical (unpaired) electrons. The Balaban J connectivity index is 2.32. The molecule has 0 spiro atoms. The molecule has 2 N–H and O–H groups in total. The number of aromatic carboxylic acids is 1. The Kier molecular flexibility index (Phi) is 5.96. The lowest BCUT2D eigenvalue weighted by atomic mass is 10.1. The molecule has 7 nitrogen and oxygen atoms in total. The first-order chi connectivity index (χ1) is 12.5. The monoisotopic (exact) mass is 352 g/mol. The Bertz CT molecular complexity index is 912. The molecule has 0 unspecified atom stereocenters. The average Bonchev–Trinajstić information content (AvgIpc) is 2.65. The van der Waals surface area contributed by atoms with E-state index in [1.54, 1.807) is 18.2 Å². The van der Waals surface area contributed by atoms with Gasteiger partial charge in [-0.05, 0) is 42.5 Å². The molecule has 0 bridgehead atoms. The number of nitriles is 1. The summed E-state index contributed by atoms with van der Waals surface area (Å²) >= 11 is 0. The zero-order chi connectivity index (χ0) is 19.1. The molecule has 0 heterocycles. The summed E-state index contributed by atoms with van der Waals surface area (Å²) in [5, 5.41) is 20.8. The Morgan fingerprint density at radius 1 is 1.15 bits per heavy atom. The van der Waals surface area contributed by atoms with Crippen LogP contribution in [0.4, 0.5) is 5.69 Å². The number of benzene rings is 2. The van der Waals surface area contributed by atoms with Crippen LogP contribution in [-0.4, -0.2) is 31.2 Å². The summed E-state index contributed by atoms with van der Waals surface area (Å²) in [6, 6.07) is 12.6. The minimum Gasteiger partial charge on any atom is -0.497 e. The maximum absolute atomic E-state index is 12.4. The minimum atomic E-state index is -1.11. The molecule has 0 saturated carbocycles. The Morgan fingerprint density at radius 3 is 2.54 bits per heavy atom. The standard InChI is InChI=1S/C19H16N2O5/c1-25-16-6-7-17(26-2)13(10-16)8-14(11-20)18(22)21-15-5-3-4-12(9-15)19(23)24/h3-10H,1-2H3,(H,21,22)(H,23,24)/b14-8-. The summed E-state index contributed by atoms with van der Waals surface area (Å²) in [5.74, 6) is -0.763. The van der Waals surface area contributed by atoms with Crippen molar-refractivity contribution in [3.8, 4) is 17.6 Å². The van der Waals surface area contributed by atoms with Crippen LogP contribution in [-0.2, 0) is 4.79 Å². The number of rotatable bonds is 6. The molecule has 2 aromatic rings. The minimum absolute atomic E-state index is 0.0275. The fourth-order valence-corrected chi connectivity index (χ4v) is 2.18. The van der Waals surface area contributed by atoms with Crippen molar-refractivity contribution in [1.29, 1.82) is 5.26 Å². The Morgan fingerprint density at radius 2 is 1.92 bits per heavy atom. The molecule has 0 aliphatic heterocycles. The predicted octanol–water partition coefficient (Wildman–Crippen LogP) is 2.95. The van der Waals surface area contributed by atoms with Gasteiger partial charge < -0.3 is 19.9 Å². The van der Waals surface area contributed by atoms with Gasteiger partial charge in [0, 0.05) is 11.3 Å². The van der Waals surface area contributed by atoms with E-state index in [2.05, 4.69) is 5.32 Å². The lowest BCUT2D eigenvalue weighted by Gasteiger charge is -2.09. The van der Waals surface area contributed by atoms with Crippen LogP contribution in [0.3, 0.4) is 0 Å². The number of ether oxygens (including phenoxy) is 2. The van der Waals surface area contributed by atoms with Crippen molar-refractivity contribution in [2.24, 2.45) is 0 Å². The van der Waals surface area contributed by atoms with Crippen LogP contribution in [0.5, 0.6) is 11.5 Å². The van der Waals surface area contributed by atoms with Gasteiger partial charge in [-0.1, -0.05) is 6.07 Å². The average molecular weight is 352 g/mol. The van der Waals surface area contributed by atoms with E-state index < -0.39 is 11.9 Å². The summed E-state index contributed by atoms with van der Waals surface area (Å²) in [5.41, 5.74) is 0.628. The molecule has 26 heavy (non-hydrogen) atoms. The molecule has 0 atom stereocenters. The molecule has 7 heteroatoms. The van der Waals surface area contributed by atoms with E-state index >= 15 is 0 Å². The maximum atomic E-state index is 12.4. The molecule has 0 saturated heterocycles. The van der Waals surface area contributed by atoms with Gasteiger partial charge in [-0.3, -0.25) is 4.79 Å². The van der Waals surface area contributed by atoms with Gasteiger partial charge >= 0.3 is 5.97 Å². The molecule has 1 amide bonds. The van der Waals surface area contributed by atoms with E-state index in [1.165, 1.54) is 44.6 Å². The fourth-order valence-electron chi connectivity index (χ4n) is 2.18. The predicted molar refractivity (Wildman–Crippen MR) is 95.2 cm³/mol. The van der Waals surface area contributed by atoms with Gasteiger partial charge in [0.25, 0.3) is 5.91 Å². The number of methoxy groups -OCH3 is 2. The van der Waals surface area contributed by atoms with E-state index in [1.807, 2.05) is 6.07 Å². The number of anilines is 1. The van der Waals surface area contributed by atoms with E-state index in [0.717, 1.165) is 0 Å². The van der Waals surface area contributed by atoms with E-state index in [4.69, 9.17) is 14.6 Å². The lowest BCUT2D eigenvalue weighted by Crippen LogP contribution is -2.14. The van der Waals surface area contributed by atoms with Gasteiger partial charge in [-0.15, -0.1) is 0 Å². The summed E-state index contributed by atoms with van der Waals surface area (Å²) in [4.78, 5) is 23.4. The second kappa shape index (κ2) is 8.35. The number of carboxylic acids is 1. The van der Waals surface area contributed by atoms with Crippen molar-refractivity contribution in [3.05, 3.63) is 59.2 Å². The molecule has 0 aliphatic rings. The highest BCUT2D eigenvalue weighted by atomic mass is 16.5. The SMILES string of the molecule is COc1ccc(OC)c(/C=C(/C#N)C(=O)Nc2cccc(C(=O)O)c2)c1. The van der Waals surface area contributed by atoms with Gasteiger partial charge in [0.05, 0.1) is 19.8 Å². The first-order valence-electron chi connectivity index (χ1n) is 7.47. The van der Waals surface area contributed by atoms with Gasteiger partial charge in [0.2, 0.25) is 0 Å². The molecular weight excluding hydrogens is 336 g/mol. The summed E-state index contributed by atoms with van der Waals surface area (Å²) < 4.78 is 10.4. The van der Waals surface area contributed by atoms with Crippen molar-refractivity contribution in [3.63, 3.8) is 0 Å². The molecule has 0 fully saturated rings. The fraction of sp³-hybridized carbons (Fsp3) is 0.105. The summed E-state index contributed by atoms with van der Waals surface area (Å²) in [6.45, 7) is 0. The van der Waals surface area contributed by atoms with Crippen molar-refractivity contribution in [1.82, 2.24) is 0 Å². The number of carboxylic acid groups (broad SMARTS) is 1. The number of carbonyl (C=O) groups excluding carboxylic acids is 1. The zero-order valence-corrected chi connectivity index (χ0v) is 14.1. The third kappa shape index (κ3) is 4.39. The second-order valence-corrected chi connectivity index (χ2v) is 5.12. The first kappa shape index (κ1) is 18.5. The quantitative estimate of drug-likeness (QED) is 0.611. The van der Waals surface area contributed by atoms with Crippen LogP contribution in [0.2, 0.25) is 0 Å². The third-order valence-corrected chi connectivity index (χ3v) is 3.47. The highest BCUT2D eigenvalue weighted by molar-refractivity contribution is 6.10. The van der Waals surface area contributed by atoms with Crippen molar-refractivity contribution in [2.45, 2.75) is 0 Å². The van der Waals surface area contributed by atoms with Crippen LogP contribution in [0.1, 0.15) is 15.9 Å². The molecule has 2 rings (SSSR count). The molecule has 0 aliphatic carbocycles. The molecule has 132 valence electrons. The van der Waals surface area contributed by atoms with Gasteiger partial charge in [0.15, 0.2) is 0 Å². The molecular formula is C19H16N2O5. The second-order valence-electron chi connectivity index (χ2n) is 5.12. The van der Waals surface area contributed by atoms with Crippen molar-refractivity contribution >= 4 is 23.6 Å². The molecule has 2 aromatic carbocycles. The van der Waals surface area contributed by atoms with Crippen molar-refractivity contribution in [2.75, 3.05) is 19.5 Å². The maximum Gasteiger partial charge on any atom is 0.335 e. The highest BCUT2D eigenvalue weighted by Crippen LogP contribution is 2.26. The number of nitrogens with zero attached hydrogens (tertiary/aromatic N) is 1. The topological polar surface area (TPSA) is 109 Å². The summed E-state index contributed by atoms with van der Waals surface area (Å²) in [7, 11) is 2.98. The van der Waals surface area contributed by atoms with Crippen LogP contribution in [0.25, 0.3) is 6.08 Å². The Labute approximate surface area is 150 Å². The van der Waals surface area contributed by atoms with Gasteiger partial charge in [-0.2, -0.15) is 5.26 Å². The number of nitrogens with one attached hydrogen (secondary N) is 1. The normalized spacial score (nSPS) is 10.6.